The van der Waals surface area contributed by atoms with E-state index in [1.54, 1.807) is 0 Å². The Hall–Kier alpha value is -0.510. The number of hydrogen-bond donors (Lipinski definition) is 0. The molecule has 0 saturated heterocycles. The van der Waals surface area contributed by atoms with Gasteiger partial charge in [0, 0.05) is 5.92 Å². The van der Waals surface area contributed by atoms with E-state index in [4.69, 9.17) is 5.26 Å². The van der Waals surface area contributed by atoms with Crippen LogP contribution >= 0.6 is 0 Å². The first-order chi connectivity index (χ1) is 4.89. The molecule has 62 valence electrons. The zero-order chi connectivity index (χ0) is 8.70. The van der Waals surface area contributed by atoms with Crippen molar-refractivity contribution in [2.24, 2.45) is 16.7 Å². The van der Waals surface area contributed by atoms with Crippen LogP contribution in [0.25, 0.3) is 0 Å². The van der Waals surface area contributed by atoms with E-state index in [1.165, 1.54) is 0 Å². The van der Waals surface area contributed by atoms with E-state index in [9.17, 15) is 0 Å². The molecule has 0 aromatic carbocycles. The zero-order valence-corrected chi connectivity index (χ0v) is 7.94. The zero-order valence-electron chi connectivity index (χ0n) is 7.94. The Bertz CT molecular complexity index is 186. The average molecular weight is 151 g/mol. The lowest BCUT2D eigenvalue weighted by Crippen LogP contribution is -2.44. The molecule has 1 aliphatic rings. The highest BCUT2D eigenvalue weighted by molar-refractivity contribution is 5.04. The van der Waals surface area contributed by atoms with Gasteiger partial charge in [0.05, 0.1) is 6.07 Å². The SMILES string of the molecule is CC(C)(C)C1(C)CC(C#N)C1. The van der Waals surface area contributed by atoms with Gasteiger partial charge in [0.25, 0.3) is 0 Å². The van der Waals surface area contributed by atoms with Crippen LogP contribution in [0.3, 0.4) is 0 Å². The molecule has 1 aliphatic carbocycles. The Balaban J connectivity index is 2.58. The first-order valence-corrected chi connectivity index (χ1v) is 4.29. The average Bonchev–Trinajstić information content (AvgIpc) is 1.78. The highest BCUT2D eigenvalue weighted by atomic mass is 14.5. The van der Waals surface area contributed by atoms with Gasteiger partial charge in [-0.05, 0) is 23.7 Å². The van der Waals surface area contributed by atoms with E-state index < -0.39 is 0 Å². The van der Waals surface area contributed by atoms with Crippen molar-refractivity contribution < 1.29 is 0 Å². The molecule has 1 fully saturated rings. The molecule has 11 heavy (non-hydrogen) atoms. The number of nitrogens with zero attached hydrogens (tertiary/aromatic N) is 1. The van der Waals surface area contributed by atoms with Crippen molar-refractivity contribution >= 4 is 0 Å². The molecule has 0 aliphatic heterocycles. The van der Waals surface area contributed by atoms with Crippen LogP contribution in [0, 0.1) is 28.1 Å². The lowest BCUT2D eigenvalue weighted by atomic mass is 9.52. The second-order valence-electron chi connectivity index (χ2n) is 5.04. The third-order valence-corrected chi connectivity index (χ3v) is 3.39. The summed E-state index contributed by atoms with van der Waals surface area (Å²) in [4.78, 5) is 0. The third-order valence-electron chi connectivity index (χ3n) is 3.39. The van der Waals surface area contributed by atoms with Crippen LogP contribution in [0.2, 0.25) is 0 Å². The van der Waals surface area contributed by atoms with Crippen molar-refractivity contribution in [1.29, 1.82) is 5.26 Å². The Labute approximate surface area is 69.4 Å². The van der Waals surface area contributed by atoms with E-state index in [-0.39, 0.29) is 0 Å². The smallest absolute Gasteiger partial charge is 0.0656 e. The predicted octanol–water partition coefficient (Wildman–Crippen LogP) is 2.97. The quantitative estimate of drug-likeness (QED) is 0.522. The van der Waals surface area contributed by atoms with Gasteiger partial charge in [0.2, 0.25) is 0 Å². The van der Waals surface area contributed by atoms with E-state index in [0.29, 0.717) is 16.7 Å². The summed E-state index contributed by atoms with van der Waals surface area (Å²) >= 11 is 0. The molecule has 0 radical (unpaired) electrons. The monoisotopic (exact) mass is 151 g/mol. The van der Waals surface area contributed by atoms with E-state index in [2.05, 4.69) is 33.8 Å². The summed E-state index contributed by atoms with van der Waals surface area (Å²) in [5.74, 6) is 0.333. The number of hydrogen-bond acceptors (Lipinski definition) is 1. The van der Waals surface area contributed by atoms with Gasteiger partial charge in [0.15, 0.2) is 0 Å². The molecular weight excluding hydrogens is 134 g/mol. The predicted molar refractivity (Wildman–Crippen MR) is 45.9 cm³/mol. The summed E-state index contributed by atoms with van der Waals surface area (Å²) in [5.41, 5.74) is 0.772. The first kappa shape index (κ1) is 8.59. The molecule has 1 rings (SSSR count). The standard InChI is InChI=1S/C10H17N/c1-9(2,3)10(4)5-8(6-10)7-11/h8H,5-6H2,1-4H3. The van der Waals surface area contributed by atoms with Crippen molar-refractivity contribution in [2.75, 3.05) is 0 Å². The molecule has 1 heteroatoms. The molecule has 0 spiro atoms. The van der Waals surface area contributed by atoms with Gasteiger partial charge in [-0.2, -0.15) is 5.26 Å². The lowest BCUT2D eigenvalue weighted by molar-refractivity contribution is -0.0120. The Morgan fingerprint density at radius 3 is 2.09 bits per heavy atom. The van der Waals surface area contributed by atoms with E-state index >= 15 is 0 Å². The van der Waals surface area contributed by atoms with E-state index in [0.717, 1.165) is 12.8 Å². The van der Waals surface area contributed by atoms with Crippen LogP contribution in [0.15, 0.2) is 0 Å². The fraction of sp³-hybridized carbons (Fsp3) is 0.900. The second kappa shape index (κ2) is 2.24. The number of nitriles is 1. The normalized spacial score (nSPS) is 37.5. The Morgan fingerprint density at radius 1 is 1.36 bits per heavy atom. The van der Waals surface area contributed by atoms with Crippen molar-refractivity contribution in [2.45, 2.75) is 40.5 Å². The molecular formula is C10H17N. The van der Waals surface area contributed by atoms with Crippen LogP contribution in [-0.4, -0.2) is 0 Å². The summed E-state index contributed by atoms with van der Waals surface area (Å²) in [6, 6.07) is 2.33. The van der Waals surface area contributed by atoms with Crippen molar-refractivity contribution in [3.8, 4) is 6.07 Å². The maximum Gasteiger partial charge on any atom is 0.0656 e. The molecule has 0 unspecified atom stereocenters. The van der Waals surface area contributed by atoms with Crippen LogP contribution in [-0.2, 0) is 0 Å². The summed E-state index contributed by atoms with van der Waals surface area (Å²) in [7, 11) is 0. The maximum absolute atomic E-state index is 8.63. The fourth-order valence-electron chi connectivity index (χ4n) is 1.73. The van der Waals surface area contributed by atoms with Crippen molar-refractivity contribution in [1.82, 2.24) is 0 Å². The maximum atomic E-state index is 8.63. The van der Waals surface area contributed by atoms with Crippen molar-refractivity contribution in [3.63, 3.8) is 0 Å². The molecule has 0 aromatic rings. The topological polar surface area (TPSA) is 23.8 Å². The summed E-state index contributed by atoms with van der Waals surface area (Å²) in [6.07, 6.45) is 2.18. The van der Waals surface area contributed by atoms with Gasteiger partial charge in [-0.25, -0.2) is 0 Å². The minimum Gasteiger partial charge on any atom is -0.198 e. The van der Waals surface area contributed by atoms with Gasteiger partial charge in [-0.3, -0.25) is 0 Å². The first-order valence-electron chi connectivity index (χ1n) is 4.29. The molecule has 0 amide bonds. The van der Waals surface area contributed by atoms with Crippen LogP contribution in [0.5, 0.6) is 0 Å². The molecule has 0 N–H and O–H groups in total. The molecule has 1 saturated carbocycles. The van der Waals surface area contributed by atoms with Gasteiger partial charge < -0.3 is 0 Å². The Morgan fingerprint density at radius 2 is 1.82 bits per heavy atom. The molecule has 0 atom stereocenters. The van der Waals surface area contributed by atoms with Gasteiger partial charge in [0.1, 0.15) is 0 Å². The summed E-state index contributed by atoms with van der Waals surface area (Å²) < 4.78 is 0. The fourth-order valence-corrected chi connectivity index (χ4v) is 1.73. The summed E-state index contributed by atoms with van der Waals surface area (Å²) in [5, 5.41) is 8.63. The van der Waals surface area contributed by atoms with Crippen LogP contribution in [0.4, 0.5) is 0 Å². The van der Waals surface area contributed by atoms with Crippen molar-refractivity contribution in [3.05, 3.63) is 0 Å². The highest BCUT2D eigenvalue weighted by Gasteiger charge is 2.47. The lowest BCUT2D eigenvalue weighted by Gasteiger charge is -2.51. The minimum atomic E-state index is 0.333. The highest BCUT2D eigenvalue weighted by Crippen LogP contribution is 2.55. The second-order valence-corrected chi connectivity index (χ2v) is 5.04. The third kappa shape index (κ3) is 1.27. The Kier molecular flexibility index (Phi) is 1.75. The summed E-state index contributed by atoms with van der Waals surface area (Å²) in [6.45, 7) is 9.09. The molecule has 1 nitrogen and oxygen atoms in total. The number of rotatable bonds is 0. The van der Waals surface area contributed by atoms with E-state index in [1.807, 2.05) is 0 Å². The largest absolute Gasteiger partial charge is 0.198 e. The van der Waals surface area contributed by atoms with Gasteiger partial charge in [-0.15, -0.1) is 0 Å². The molecule has 0 bridgehead atoms. The van der Waals surface area contributed by atoms with Gasteiger partial charge in [-0.1, -0.05) is 27.7 Å². The molecule has 0 aromatic heterocycles. The van der Waals surface area contributed by atoms with Gasteiger partial charge >= 0.3 is 0 Å². The van der Waals surface area contributed by atoms with Crippen LogP contribution in [0.1, 0.15) is 40.5 Å². The minimum absolute atomic E-state index is 0.333. The molecule has 0 heterocycles. The van der Waals surface area contributed by atoms with Crippen LogP contribution < -0.4 is 0 Å².